The minimum atomic E-state index is 0.116. The van der Waals surface area contributed by atoms with Gasteiger partial charge in [0.05, 0.1) is 14.2 Å². The molecule has 146 valence electrons. The lowest BCUT2D eigenvalue weighted by molar-refractivity contribution is -0.121. The number of nitrogens with zero attached hydrogens (tertiary/aromatic N) is 1. The van der Waals surface area contributed by atoms with Crippen molar-refractivity contribution in [1.29, 1.82) is 0 Å². The highest BCUT2D eigenvalue weighted by molar-refractivity contribution is 5.76. The van der Waals surface area contributed by atoms with Crippen molar-refractivity contribution in [1.82, 2.24) is 10.2 Å². The summed E-state index contributed by atoms with van der Waals surface area (Å²) in [6.45, 7) is 5.34. The zero-order valence-corrected chi connectivity index (χ0v) is 16.6. The molecular weight excluding hydrogens is 328 g/mol. The summed E-state index contributed by atoms with van der Waals surface area (Å²) in [6, 6.07) is 6.54. The smallest absolute Gasteiger partial charge is 0.220 e. The molecule has 1 aromatic rings. The molecule has 0 spiro atoms. The van der Waals surface area contributed by atoms with Gasteiger partial charge in [0.2, 0.25) is 5.91 Å². The van der Waals surface area contributed by atoms with Crippen LogP contribution in [0.25, 0.3) is 0 Å². The Kier molecular flexibility index (Phi) is 8.75. The maximum Gasteiger partial charge on any atom is 0.220 e. The Balaban J connectivity index is 1.66. The van der Waals surface area contributed by atoms with Crippen LogP contribution in [0.4, 0.5) is 0 Å². The summed E-state index contributed by atoms with van der Waals surface area (Å²) >= 11 is 0. The molecule has 2 rings (SSSR count). The normalized spacial score (nSPS) is 17.7. The van der Waals surface area contributed by atoms with Gasteiger partial charge in [-0.3, -0.25) is 4.79 Å². The second kappa shape index (κ2) is 11.1. The molecule has 1 atom stereocenters. The number of benzene rings is 1. The number of methoxy groups -OCH3 is 2. The molecule has 1 heterocycles. The van der Waals surface area contributed by atoms with Crippen molar-refractivity contribution in [3.63, 3.8) is 0 Å². The first-order valence-corrected chi connectivity index (χ1v) is 9.89. The van der Waals surface area contributed by atoms with E-state index in [-0.39, 0.29) is 5.91 Å². The minimum absolute atomic E-state index is 0.116. The Bertz CT molecular complexity index is 562. The van der Waals surface area contributed by atoms with Crippen molar-refractivity contribution in [2.24, 2.45) is 0 Å². The van der Waals surface area contributed by atoms with E-state index in [4.69, 9.17) is 9.47 Å². The van der Waals surface area contributed by atoms with Crippen molar-refractivity contribution in [3.8, 4) is 11.5 Å². The third-order valence-corrected chi connectivity index (χ3v) is 5.25. The Morgan fingerprint density at radius 3 is 2.77 bits per heavy atom. The molecule has 1 N–H and O–H groups in total. The molecule has 0 saturated carbocycles. The third kappa shape index (κ3) is 6.20. The molecule has 1 aliphatic heterocycles. The van der Waals surface area contributed by atoms with Crippen LogP contribution in [-0.4, -0.2) is 50.7 Å². The maximum absolute atomic E-state index is 12.1. The lowest BCUT2D eigenvalue weighted by atomic mass is 10.00. The summed E-state index contributed by atoms with van der Waals surface area (Å²) in [7, 11) is 3.25. The number of carbonyl (C=O) groups is 1. The first-order valence-electron chi connectivity index (χ1n) is 9.89. The van der Waals surface area contributed by atoms with Gasteiger partial charge in [-0.1, -0.05) is 19.4 Å². The van der Waals surface area contributed by atoms with Gasteiger partial charge in [-0.05, 0) is 56.3 Å². The average Bonchev–Trinajstić information content (AvgIpc) is 2.69. The fourth-order valence-electron chi connectivity index (χ4n) is 3.71. The van der Waals surface area contributed by atoms with E-state index in [1.165, 1.54) is 32.2 Å². The van der Waals surface area contributed by atoms with Crippen molar-refractivity contribution < 1.29 is 14.3 Å². The van der Waals surface area contributed by atoms with Gasteiger partial charge in [-0.15, -0.1) is 0 Å². The molecule has 0 aromatic heterocycles. The van der Waals surface area contributed by atoms with Crippen molar-refractivity contribution >= 4 is 5.91 Å². The summed E-state index contributed by atoms with van der Waals surface area (Å²) in [5, 5.41) is 3.05. The molecule has 0 aliphatic carbocycles. The lowest BCUT2D eigenvalue weighted by Crippen LogP contribution is -2.40. The molecule has 0 radical (unpaired) electrons. The summed E-state index contributed by atoms with van der Waals surface area (Å²) in [4.78, 5) is 14.7. The van der Waals surface area contributed by atoms with Crippen molar-refractivity contribution in [2.45, 2.75) is 57.9 Å². The fraction of sp³-hybridized carbons (Fsp3) is 0.667. The largest absolute Gasteiger partial charge is 0.493 e. The summed E-state index contributed by atoms with van der Waals surface area (Å²) in [6.07, 6.45) is 7.47. The Labute approximate surface area is 158 Å². The van der Waals surface area contributed by atoms with Crippen LogP contribution in [0.1, 0.15) is 51.0 Å². The van der Waals surface area contributed by atoms with Crippen LogP contribution >= 0.6 is 0 Å². The zero-order valence-electron chi connectivity index (χ0n) is 16.6. The average molecular weight is 363 g/mol. The van der Waals surface area contributed by atoms with E-state index in [9.17, 15) is 4.79 Å². The summed E-state index contributed by atoms with van der Waals surface area (Å²) < 4.78 is 10.5. The Morgan fingerprint density at radius 1 is 1.23 bits per heavy atom. The predicted molar refractivity (Wildman–Crippen MR) is 105 cm³/mol. The molecule has 0 unspecified atom stereocenters. The number of likely N-dealkylation sites (tertiary alicyclic amines) is 1. The molecular formula is C21H34N2O3. The van der Waals surface area contributed by atoms with Gasteiger partial charge in [0, 0.05) is 25.6 Å². The minimum Gasteiger partial charge on any atom is -0.493 e. The quantitative estimate of drug-likeness (QED) is 0.648. The number of piperidine rings is 1. The third-order valence-electron chi connectivity index (χ3n) is 5.25. The molecule has 5 heteroatoms. The summed E-state index contributed by atoms with van der Waals surface area (Å²) in [5.74, 6) is 1.53. The second-order valence-corrected chi connectivity index (χ2v) is 6.99. The van der Waals surface area contributed by atoms with Crippen LogP contribution in [0.5, 0.6) is 11.5 Å². The van der Waals surface area contributed by atoms with E-state index in [2.05, 4.69) is 17.1 Å². The highest BCUT2D eigenvalue weighted by Gasteiger charge is 2.19. The molecule has 5 nitrogen and oxygen atoms in total. The van der Waals surface area contributed by atoms with Gasteiger partial charge < -0.3 is 19.7 Å². The van der Waals surface area contributed by atoms with Crippen LogP contribution in [-0.2, 0) is 11.2 Å². The number of hydrogen-bond acceptors (Lipinski definition) is 4. The van der Waals surface area contributed by atoms with Crippen LogP contribution < -0.4 is 14.8 Å². The highest BCUT2D eigenvalue weighted by atomic mass is 16.5. The van der Waals surface area contributed by atoms with Gasteiger partial charge in [-0.25, -0.2) is 0 Å². The topological polar surface area (TPSA) is 50.8 Å². The van der Waals surface area contributed by atoms with Crippen LogP contribution in [0.15, 0.2) is 18.2 Å². The number of amides is 1. The molecule has 1 saturated heterocycles. The van der Waals surface area contributed by atoms with Crippen molar-refractivity contribution in [2.75, 3.05) is 33.9 Å². The molecule has 0 bridgehead atoms. The van der Waals surface area contributed by atoms with E-state index in [1.807, 2.05) is 18.2 Å². The standard InChI is InChI=1S/C21H34N2O3/c1-4-18-8-5-6-14-23(18)15-7-13-22-21(24)12-10-17-9-11-19(25-2)20(16-17)26-3/h9,11,16,18H,4-8,10,12-15H2,1-3H3,(H,22,24)/t18-/m1/s1. The van der Waals surface area contributed by atoms with Crippen LogP contribution in [0, 0.1) is 0 Å². The van der Waals surface area contributed by atoms with Gasteiger partial charge >= 0.3 is 0 Å². The van der Waals surface area contributed by atoms with E-state index in [0.717, 1.165) is 31.1 Å². The van der Waals surface area contributed by atoms with Gasteiger partial charge in [0.15, 0.2) is 11.5 Å². The number of hydrogen-bond donors (Lipinski definition) is 1. The van der Waals surface area contributed by atoms with E-state index < -0.39 is 0 Å². The molecule has 1 fully saturated rings. The predicted octanol–water partition coefficient (Wildman–Crippen LogP) is 3.41. The molecule has 26 heavy (non-hydrogen) atoms. The van der Waals surface area contributed by atoms with Gasteiger partial charge in [-0.2, -0.15) is 0 Å². The zero-order chi connectivity index (χ0) is 18.8. The van der Waals surface area contributed by atoms with Crippen molar-refractivity contribution in [3.05, 3.63) is 23.8 Å². The SMILES string of the molecule is CC[C@@H]1CCCCN1CCCNC(=O)CCc1ccc(OC)c(OC)c1. The van der Waals surface area contributed by atoms with E-state index in [1.54, 1.807) is 14.2 Å². The van der Waals surface area contributed by atoms with E-state index in [0.29, 0.717) is 24.3 Å². The highest BCUT2D eigenvalue weighted by Crippen LogP contribution is 2.27. The number of rotatable bonds is 10. The number of aryl methyl sites for hydroxylation is 1. The molecule has 1 aliphatic rings. The Morgan fingerprint density at radius 2 is 2.04 bits per heavy atom. The summed E-state index contributed by atoms with van der Waals surface area (Å²) in [5.41, 5.74) is 1.08. The first-order chi connectivity index (χ1) is 12.7. The molecule has 1 aromatic carbocycles. The number of carbonyl (C=O) groups excluding carboxylic acids is 1. The lowest BCUT2D eigenvalue weighted by Gasteiger charge is -2.35. The Hall–Kier alpha value is -1.75. The number of nitrogens with one attached hydrogen (secondary N) is 1. The fourth-order valence-corrected chi connectivity index (χ4v) is 3.71. The monoisotopic (exact) mass is 362 g/mol. The maximum atomic E-state index is 12.1. The van der Waals surface area contributed by atoms with Crippen LogP contribution in [0.3, 0.4) is 0 Å². The second-order valence-electron chi connectivity index (χ2n) is 6.99. The van der Waals surface area contributed by atoms with Crippen LogP contribution in [0.2, 0.25) is 0 Å². The van der Waals surface area contributed by atoms with E-state index >= 15 is 0 Å². The molecule has 1 amide bonds. The number of ether oxygens (including phenoxy) is 2. The van der Waals surface area contributed by atoms with Gasteiger partial charge in [0.1, 0.15) is 0 Å². The van der Waals surface area contributed by atoms with Gasteiger partial charge in [0.25, 0.3) is 0 Å². The first kappa shape index (κ1) is 20.6.